The predicted molar refractivity (Wildman–Crippen MR) is 99.6 cm³/mol. The second-order valence-corrected chi connectivity index (χ2v) is 6.98. The number of esters is 1. The quantitative estimate of drug-likeness (QED) is 0.613. The number of carbonyl (C=O) groups excluding carboxylic acids is 2. The van der Waals surface area contributed by atoms with Crippen LogP contribution in [0.25, 0.3) is 0 Å². The van der Waals surface area contributed by atoms with Crippen molar-refractivity contribution < 1.29 is 32.2 Å². The SMILES string of the molecule is COC(=O)C1(C)C(=O)Nc2cccc(C(F)(F)F)c2CC1c1ccccc1OC. The van der Waals surface area contributed by atoms with Crippen LogP contribution < -0.4 is 10.1 Å². The minimum atomic E-state index is -4.62. The molecule has 1 aliphatic heterocycles. The fourth-order valence-corrected chi connectivity index (χ4v) is 3.83. The van der Waals surface area contributed by atoms with E-state index in [4.69, 9.17) is 9.47 Å². The third-order valence-electron chi connectivity index (χ3n) is 5.43. The molecule has 0 aliphatic carbocycles. The first kappa shape index (κ1) is 20.7. The van der Waals surface area contributed by atoms with Crippen molar-refractivity contribution in [1.82, 2.24) is 0 Å². The van der Waals surface area contributed by atoms with Crippen molar-refractivity contribution in [2.24, 2.45) is 5.41 Å². The van der Waals surface area contributed by atoms with Crippen LogP contribution in [0.15, 0.2) is 42.5 Å². The number of amides is 1. The Morgan fingerprint density at radius 3 is 2.45 bits per heavy atom. The van der Waals surface area contributed by atoms with E-state index in [0.29, 0.717) is 11.3 Å². The Morgan fingerprint density at radius 2 is 1.83 bits per heavy atom. The van der Waals surface area contributed by atoms with Gasteiger partial charge in [0.1, 0.15) is 5.75 Å². The summed E-state index contributed by atoms with van der Waals surface area (Å²) in [4.78, 5) is 25.8. The molecule has 2 unspecified atom stereocenters. The Labute approximate surface area is 165 Å². The number of ether oxygens (including phenoxy) is 2. The van der Waals surface area contributed by atoms with Crippen LogP contribution >= 0.6 is 0 Å². The number of para-hydroxylation sites is 1. The van der Waals surface area contributed by atoms with Gasteiger partial charge in [-0.05, 0) is 42.7 Å². The highest BCUT2D eigenvalue weighted by atomic mass is 19.4. The van der Waals surface area contributed by atoms with E-state index < -0.39 is 34.9 Å². The zero-order valence-electron chi connectivity index (χ0n) is 16.1. The first-order valence-corrected chi connectivity index (χ1v) is 8.86. The van der Waals surface area contributed by atoms with Gasteiger partial charge in [0.25, 0.3) is 0 Å². The lowest BCUT2D eigenvalue weighted by Crippen LogP contribution is -2.45. The summed E-state index contributed by atoms with van der Waals surface area (Å²) < 4.78 is 51.2. The molecule has 8 heteroatoms. The van der Waals surface area contributed by atoms with Crippen LogP contribution in [-0.4, -0.2) is 26.1 Å². The average molecular weight is 407 g/mol. The van der Waals surface area contributed by atoms with Crippen LogP contribution in [0.2, 0.25) is 0 Å². The molecule has 0 fully saturated rings. The van der Waals surface area contributed by atoms with Crippen molar-refractivity contribution in [3.8, 4) is 5.75 Å². The number of alkyl halides is 3. The Hall–Kier alpha value is -3.03. The van der Waals surface area contributed by atoms with Gasteiger partial charge < -0.3 is 14.8 Å². The summed E-state index contributed by atoms with van der Waals surface area (Å²) >= 11 is 0. The van der Waals surface area contributed by atoms with E-state index in [-0.39, 0.29) is 17.7 Å². The lowest BCUT2D eigenvalue weighted by Gasteiger charge is -2.33. The van der Waals surface area contributed by atoms with Crippen LogP contribution in [0.5, 0.6) is 5.75 Å². The monoisotopic (exact) mass is 407 g/mol. The summed E-state index contributed by atoms with van der Waals surface area (Å²) in [7, 11) is 2.56. The van der Waals surface area contributed by atoms with Gasteiger partial charge in [0.05, 0.1) is 19.8 Å². The van der Waals surface area contributed by atoms with Crippen molar-refractivity contribution in [3.63, 3.8) is 0 Å². The van der Waals surface area contributed by atoms with E-state index in [9.17, 15) is 22.8 Å². The molecule has 2 aromatic rings. The van der Waals surface area contributed by atoms with Crippen molar-refractivity contribution in [2.45, 2.75) is 25.4 Å². The molecular formula is C21H20F3NO4. The van der Waals surface area contributed by atoms with E-state index in [2.05, 4.69) is 5.32 Å². The van der Waals surface area contributed by atoms with Gasteiger partial charge in [0.2, 0.25) is 5.91 Å². The Morgan fingerprint density at radius 1 is 1.14 bits per heavy atom. The fraction of sp³-hybridized carbons (Fsp3) is 0.333. The molecule has 3 rings (SSSR count). The minimum absolute atomic E-state index is 0.0253. The molecule has 2 aromatic carbocycles. The molecule has 1 aliphatic rings. The molecular weight excluding hydrogens is 387 g/mol. The highest BCUT2D eigenvalue weighted by Gasteiger charge is 2.53. The summed E-state index contributed by atoms with van der Waals surface area (Å²) in [6.07, 6.45) is -4.83. The van der Waals surface area contributed by atoms with Gasteiger partial charge in [-0.25, -0.2) is 0 Å². The maximum absolute atomic E-state index is 13.7. The van der Waals surface area contributed by atoms with Crippen LogP contribution in [-0.2, 0) is 26.9 Å². The maximum atomic E-state index is 13.7. The summed E-state index contributed by atoms with van der Waals surface area (Å²) in [5, 5.41) is 2.50. The largest absolute Gasteiger partial charge is 0.496 e. The number of anilines is 1. The number of carbonyl (C=O) groups is 2. The van der Waals surface area contributed by atoms with E-state index in [1.165, 1.54) is 26.2 Å². The second kappa shape index (κ2) is 7.42. The van der Waals surface area contributed by atoms with Crippen molar-refractivity contribution in [1.29, 1.82) is 0 Å². The lowest BCUT2D eigenvalue weighted by atomic mass is 9.70. The van der Waals surface area contributed by atoms with Crippen LogP contribution in [0.1, 0.15) is 29.5 Å². The summed E-state index contributed by atoms with van der Waals surface area (Å²) in [6.45, 7) is 1.38. The topological polar surface area (TPSA) is 64.6 Å². The molecule has 0 saturated heterocycles. The van der Waals surface area contributed by atoms with E-state index in [1.807, 2.05) is 0 Å². The normalized spacial score (nSPS) is 21.6. The molecule has 0 spiro atoms. The first-order chi connectivity index (χ1) is 13.6. The molecule has 29 heavy (non-hydrogen) atoms. The van der Waals surface area contributed by atoms with Crippen LogP contribution in [0, 0.1) is 5.41 Å². The lowest BCUT2D eigenvalue weighted by molar-refractivity contribution is -0.157. The van der Waals surface area contributed by atoms with Gasteiger partial charge in [0, 0.05) is 11.6 Å². The molecule has 2 atom stereocenters. The smallest absolute Gasteiger partial charge is 0.416 e. The second-order valence-electron chi connectivity index (χ2n) is 6.98. The number of hydrogen-bond acceptors (Lipinski definition) is 4. The van der Waals surface area contributed by atoms with Gasteiger partial charge in [-0.1, -0.05) is 24.3 Å². The third kappa shape index (κ3) is 3.43. The molecule has 0 bridgehead atoms. The number of hydrogen-bond donors (Lipinski definition) is 1. The van der Waals surface area contributed by atoms with Crippen LogP contribution in [0.3, 0.4) is 0 Å². The maximum Gasteiger partial charge on any atom is 0.416 e. The predicted octanol–water partition coefficient (Wildman–Crippen LogP) is 4.17. The standard InChI is InChI=1S/C21H20F3NO4/c1-20(19(27)29-3)15(12-7-4-5-10-17(12)28-2)11-13-14(21(22,23)24)8-6-9-16(13)25-18(20)26/h4-10,15H,11H2,1-3H3,(H,25,26). The molecule has 0 aromatic heterocycles. The molecule has 154 valence electrons. The molecule has 1 heterocycles. The van der Waals surface area contributed by atoms with Crippen molar-refractivity contribution in [3.05, 3.63) is 59.2 Å². The van der Waals surface area contributed by atoms with Crippen molar-refractivity contribution in [2.75, 3.05) is 19.5 Å². The van der Waals surface area contributed by atoms with E-state index in [0.717, 1.165) is 13.2 Å². The summed E-state index contributed by atoms with van der Waals surface area (Å²) in [5.74, 6) is -2.16. The number of methoxy groups -OCH3 is 2. The van der Waals surface area contributed by atoms with Crippen LogP contribution in [0.4, 0.5) is 18.9 Å². The Balaban J connectivity index is 2.30. The van der Waals surface area contributed by atoms with Crippen molar-refractivity contribution >= 4 is 17.6 Å². The average Bonchev–Trinajstić information content (AvgIpc) is 2.81. The van der Waals surface area contributed by atoms with Gasteiger partial charge in [0.15, 0.2) is 5.41 Å². The Bertz CT molecular complexity index is 957. The van der Waals surface area contributed by atoms with Gasteiger partial charge >= 0.3 is 12.1 Å². The summed E-state index contributed by atoms with van der Waals surface area (Å²) in [5.41, 5.74) is -2.24. The number of benzene rings is 2. The zero-order chi connectivity index (χ0) is 21.4. The zero-order valence-corrected chi connectivity index (χ0v) is 16.1. The van der Waals surface area contributed by atoms with E-state index >= 15 is 0 Å². The first-order valence-electron chi connectivity index (χ1n) is 8.86. The molecule has 1 N–H and O–H groups in total. The highest BCUT2D eigenvalue weighted by molar-refractivity contribution is 6.10. The molecule has 1 amide bonds. The minimum Gasteiger partial charge on any atom is -0.496 e. The number of halogens is 3. The molecule has 0 radical (unpaired) electrons. The van der Waals surface area contributed by atoms with Gasteiger partial charge in [-0.2, -0.15) is 13.2 Å². The fourth-order valence-electron chi connectivity index (χ4n) is 3.83. The number of rotatable bonds is 3. The summed E-state index contributed by atoms with van der Waals surface area (Å²) in [6, 6.07) is 10.2. The Kier molecular flexibility index (Phi) is 5.30. The molecule has 5 nitrogen and oxygen atoms in total. The third-order valence-corrected chi connectivity index (χ3v) is 5.43. The number of fused-ring (bicyclic) bond motifs is 1. The highest BCUT2D eigenvalue weighted by Crippen LogP contribution is 2.48. The van der Waals surface area contributed by atoms with Gasteiger partial charge in [-0.15, -0.1) is 0 Å². The van der Waals surface area contributed by atoms with E-state index in [1.54, 1.807) is 24.3 Å². The molecule has 0 saturated carbocycles. The van der Waals surface area contributed by atoms with Gasteiger partial charge in [-0.3, -0.25) is 9.59 Å². The number of nitrogens with one attached hydrogen (secondary N) is 1.